The number of likely N-dealkylation sites (N-methyl/N-ethyl adjacent to an activating group) is 1. The van der Waals surface area contributed by atoms with Gasteiger partial charge in [0.05, 0.1) is 12.2 Å². The summed E-state index contributed by atoms with van der Waals surface area (Å²) < 4.78 is 36.9. The zero-order valence-electron chi connectivity index (χ0n) is 11.8. The Labute approximate surface area is 125 Å². The summed E-state index contributed by atoms with van der Waals surface area (Å²) in [5, 5.41) is 13.2. The van der Waals surface area contributed by atoms with E-state index in [0.29, 0.717) is 5.69 Å². The first-order valence-electron chi connectivity index (χ1n) is 6.53. The molecule has 7 heteroatoms. The number of halogens is 3. The maximum absolute atomic E-state index is 12.3. The van der Waals surface area contributed by atoms with E-state index >= 15 is 0 Å². The lowest BCUT2D eigenvalue weighted by Gasteiger charge is -2.23. The average Bonchev–Trinajstić information content (AvgIpc) is 2.46. The predicted octanol–water partition coefficient (Wildman–Crippen LogP) is 3.23. The fourth-order valence-electron chi connectivity index (χ4n) is 1.99. The second-order valence-corrected chi connectivity index (χ2v) is 4.89. The molecule has 0 radical (unpaired) electrons. The standard InChI is InChI=1S/C15H15F3N2O2/c1-20(9-13(21)15(16,17)18)14(22)19-12-8-4-6-10-5-2-3-7-11(10)12/h2-8,13,21H,9H2,1H3,(H,19,22). The number of nitrogens with one attached hydrogen (secondary N) is 1. The van der Waals surface area contributed by atoms with Crippen molar-refractivity contribution in [3.05, 3.63) is 42.5 Å². The highest BCUT2D eigenvalue weighted by Gasteiger charge is 2.39. The van der Waals surface area contributed by atoms with Gasteiger partial charge in [-0.25, -0.2) is 4.79 Å². The van der Waals surface area contributed by atoms with Crippen molar-refractivity contribution in [2.45, 2.75) is 12.3 Å². The van der Waals surface area contributed by atoms with Crippen LogP contribution in [0, 0.1) is 0 Å². The molecule has 0 heterocycles. The van der Waals surface area contributed by atoms with E-state index in [4.69, 9.17) is 5.11 Å². The van der Waals surface area contributed by atoms with Crippen LogP contribution in [0.2, 0.25) is 0 Å². The number of urea groups is 1. The Hall–Kier alpha value is -2.28. The zero-order chi connectivity index (χ0) is 16.3. The molecule has 0 aliphatic rings. The molecule has 2 amide bonds. The number of carbonyl (C=O) groups excluding carboxylic acids is 1. The number of aliphatic hydroxyl groups is 1. The molecule has 0 saturated carbocycles. The minimum Gasteiger partial charge on any atom is -0.382 e. The third kappa shape index (κ3) is 3.67. The van der Waals surface area contributed by atoms with E-state index in [0.717, 1.165) is 15.7 Å². The first-order chi connectivity index (χ1) is 10.3. The smallest absolute Gasteiger partial charge is 0.382 e. The second-order valence-electron chi connectivity index (χ2n) is 4.89. The quantitative estimate of drug-likeness (QED) is 0.914. The number of nitrogens with zero attached hydrogens (tertiary/aromatic N) is 1. The van der Waals surface area contributed by atoms with Crippen LogP contribution in [0.3, 0.4) is 0 Å². The highest BCUT2D eigenvalue weighted by molar-refractivity contribution is 6.01. The molecular weight excluding hydrogens is 297 g/mol. The van der Waals surface area contributed by atoms with E-state index in [1.54, 1.807) is 24.3 Å². The average molecular weight is 312 g/mol. The van der Waals surface area contributed by atoms with E-state index in [1.807, 2.05) is 18.2 Å². The summed E-state index contributed by atoms with van der Waals surface area (Å²) in [4.78, 5) is 12.7. The van der Waals surface area contributed by atoms with Crippen molar-refractivity contribution in [3.8, 4) is 0 Å². The molecule has 0 spiro atoms. The van der Waals surface area contributed by atoms with Crippen LogP contribution >= 0.6 is 0 Å². The van der Waals surface area contributed by atoms with Crippen molar-refractivity contribution < 1.29 is 23.1 Å². The highest BCUT2D eigenvalue weighted by atomic mass is 19.4. The lowest BCUT2D eigenvalue weighted by molar-refractivity contribution is -0.205. The molecule has 0 aliphatic heterocycles. The van der Waals surface area contributed by atoms with Crippen LogP contribution in [-0.2, 0) is 0 Å². The van der Waals surface area contributed by atoms with Crippen LogP contribution in [0.15, 0.2) is 42.5 Å². The number of rotatable bonds is 3. The van der Waals surface area contributed by atoms with Gasteiger partial charge in [-0.1, -0.05) is 36.4 Å². The van der Waals surface area contributed by atoms with Crippen molar-refractivity contribution in [1.82, 2.24) is 4.90 Å². The summed E-state index contributed by atoms with van der Waals surface area (Å²) in [6.45, 7) is -0.833. The van der Waals surface area contributed by atoms with Gasteiger partial charge < -0.3 is 15.3 Å². The van der Waals surface area contributed by atoms with Gasteiger partial charge in [-0.3, -0.25) is 0 Å². The maximum Gasteiger partial charge on any atom is 0.416 e. The first kappa shape index (κ1) is 16.1. The van der Waals surface area contributed by atoms with E-state index in [-0.39, 0.29) is 0 Å². The minimum atomic E-state index is -4.76. The molecule has 0 bridgehead atoms. The van der Waals surface area contributed by atoms with Gasteiger partial charge in [-0.15, -0.1) is 0 Å². The molecule has 0 aromatic heterocycles. The minimum absolute atomic E-state index is 0.497. The summed E-state index contributed by atoms with van der Waals surface area (Å²) in [5.41, 5.74) is 0.497. The number of carbonyl (C=O) groups is 1. The molecule has 1 atom stereocenters. The van der Waals surface area contributed by atoms with Crippen molar-refractivity contribution in [3.63, 3.8) is 0 Å². The predicted molar refractivity (Wildman–Crippen MR) is 77.7 cm³/mol. The van der Waals surface area contributed by atoms with Crippen molar-refractivity contribution in [2.24, 2.45) is 0 Å². The Morgan fingerprint density at radius 1 is 1.23 bits per heavy atom. The number of alkyl halides is 3. The fraction of sp³-hybridized carbons (Fsp3) is 0.267. The molecule has 1 unspecified atom stereocenters. The molecule has 2 rings (SSSR count). The summed E-state index contributed by atoms with van der Waals surface area (Å²) >= 11 is 0. The number of hydrogen-bond donors (Lipinski definition) is 2. The van der Waals surface area contributed by atoms with Crippen LogP contribution in [0.4, 0.5) is 23.7 Å². The maximum atomic E-state index is 12.3. The van der Waals surface area contributed by atoms with Crippen molar-refractivity contribution in [1.29, 1.82) is 0 Å². The lowest BCUT2D eigenvalue weighted by Crippen LogP contribution is -2.43. The third-order valence-electron chi connectivity index (χ3n) is 3.20. The number of hydrogen-bond acceptors (Lipinski definition) is 2. The van der Waals surface area contributed by atoms with Crippen molar-refractivity contribution >= 4 is 22.5 Å². The Morgan fingerprint density at radius 3 is 2.55 bits per heavy atom. The molecule has 2 aromatic rings. The second kappa shape index (κ2) is 6.23. The Kier molecular flexibility index (Phi) is 4.56. The highest BCUT2D eigenvalue weighted by Crippen LogP contribution is 2.24. The number of anilines is 1. The van der Waals surface area contributed by atoms with E-state index in [1.165, 1.54) is 7.05 Å². The summed E-state index contributed by atoms with van der Waals surface area (Å²) in [6, 6.07) is 11.9. The van der Waals surface area contributed by atoms with E-state index in [9.17, 15) is 18.0 Å². The molecule has 4 nitrogen and oxygen atoms in total. The lowest BCUT2D eigenvalue weighted by atomic mass is 10.1. The van der Waals surface area contributed by atoms with Gasteiger partial charge in [0.2, 0.25) is 0 Å². The van der Waals surface area contributed by atoms with Crippen molar-refractivity contribution in [2.75, 3.05) is 18.9 Å². The van der Waals surface area contributed by atoms with Gasteiger partial charge in [-0.2, -0.15) is 13.2 Å². The molecule has 0 fully saturated rings. The molecule has 118 valence electrons. The van der Waals surface area contributed by atoms with Gasteiger partial charge in [0.15, 0.2) is 6.10 Å². The summed E-state index contributed by atoms with van der Waals surface area (Å²) in [5.74, 6) is 0. The SMILES string of the molecule is CN(CC(O)C(F)(F)F)C(=O)Nc1cccc2ccccc12. The number of aliphatic hydroxyl groups excluding tert-OH is 1. The van der Waals surface area contributed by atoms with Gasteiger partial charge in [0, 0.05) is 12.4 Å². The Morgan fingerprint density at radius 2 is 1.86 bits per heavy atom. The van der Waals surface area contributed by atoms with Crippen LogP contribution in [-0.4, -0.2) is 41.9 Å². The van der Waals surface area contributed by atoms with Gasteiger partial charge >= 0.3 is 12.2 Å². The third-order valence-corrected chi connectivity index (χ3v) is 3.20. The largest absolute Gasteiger partial charge is 0.416 e. The molecule has 0 saturated heterocycles. The van der Waals surface area contributed by atoms with Crippen LogP contribution in [0.25, 0.3) is 10.8 Å². The Balaban J connectivity index is 2.11. The van der Waals surface area contributed by atoms with E-state index in [2.05, 4.69) is 5.32 Å². The fourth-order valence-corrected chi connectivity index (χ4v) is 1.99. The van der Waals surface area contributed by atoms with Crippen LogP contribution in [0.1, 0.15) is 0 Å². The Bertz CT molecular complexity index is 668. The molecule has 0 aliphatic carbocycles. The van der Waals surface area contributed by atoms with Gasteiger partial charge in [0.25, 0.3) is 0 Å². The van der Waals surface area contributed by atoms with E-state index < -0.39 is 24.9 Å². The number of fused-ring (bicyclic) bond motifs is 1. The van der Waals surface area contributed by atoms with Crippen LogP contribution in [0.5, 0.6) is 0 Å². The topological polar surface area (TPSA) is 52.6 Å². The number of amides is 2. The van der Waals surface area contributed by atoms with Gasteiger partial charge in [0.1, 0.15) is 0 Å². The molecule has 2 aromatic carbocycles. The normalized spacial score (nSPS) is 13.0. The van der Waals surface area contributed by atoms with Crippen LogP contribution < -0.4 is 5.32 Å². The number of benzene rings is 2. The zero-order valence-corrected chi connectivity index (χ0v) is 11.8. The van der Waals surface area contributed by atoms with Gasteiger partial charge in [-0.05, 0) is 11.5 Å². The summed E-state index contributed by atoms with van der Waals surface area (Å²) in [6.07, 6.45) is -7.33. The molecule has 22 heavy (non-hydrogen) atoms. The molecule has 2 N–H and O–H groups in total. The summed E-state index contributed by atoms with van der Waals surface area (Å²) in [7, 11) is 1.19. The first-order valence-corrected chi connectivity index (χ1v) is 6.53. The molecular formula is C15H15F3N2O2. The monoisotopic (exact) mass is 312 g/mol.